The fourth-order valence-corrected chi connectivity index (χ4v) is 2.96. The van der Waals surface area contributed by atoms with Crippen LogP contribution in [-0.4, -0.2) is 23.1 Å². The van der Waals surface area contributed by atoms with Crippen molar-refractivity contribution in [2.45, 2.75) is 44.9 Å². The van der Waals surface area contributed by atoms with Crippen LogP contribution in [0.15, 0.2) is 0 Å². The van der Waals surface area contributed by atoms with Gasteiger partial charge in [0.1, 0.15) is 5.82 Å². The Morgan fingerprint density at radius 2 is 1.65 bits per heavy atom. The van der Waals surface area contributed by atoms with Crippen molar-refractivity contribution in [3.05, 3.63) is 11.3 Å². The molecule has 1 aliphatic carbocycles. The fraction of sp³-hybridized carbons (Fsp3) is 0.692. The van der Waals surface area contributed by atoms with Crippen molar-refractivity contribution in [2.75, 3.05) is 23.7 Å². The van der Waals surface area contributed by atoms with Crippen molar-refractivity contribution < 1.29 is 0 Å². The topological polar surface area (TPSA) is 55.0 Å². The van der Waals surface area contributed by atoms with Crippen molar-refractivity contribution in [3.8, 4) is 0 Å². The maximum Gasteiger partial charge on any atom is 0.222 e. The van der Waals surface area contributed by atoms with Gasteiger partial charge in [-0.15, -0.1) is 0 Å². The Morgan fingerprint density at radius 1 is 0.882 bits per heavy atom. The second kappa shape index (κ2) is 4.51. The summed E-state index contributed by atoms with van der Waals surface area (Å²) in [6.45, 7) is 2.26. The Balaban J connectivity index is 1.98. The number of anilines is 2. The lowest BCUT2D eigenvalue weighted by molar-refractivity contribution is 0.566. The van der Waals surface area contributed by atoms with E-state index >= 15 is 0 Å². The molecule has 0 spiro atoms. The molecule has 1 aliphatic heterocycles. The Bertz CT molecular complexity index is 410. The number of fused-ring (bicyclic) bond motifs is 1. The van der Waals surface area contributed by atoms with E-state index in [1.165, 1.54) is 43.4 Å². The molecule has 3 rings (SSSR count). The summed E-state index contributed by atoms with van der Waals surface area (Å²) in [5, 5.41) is 0. The predicted molar refractivity (Wildman–Crippen MR) is 69.2 cm³/mol. The maximum absolute atomic E-state index is 5.84. The molecule has 0 amide bonds. The Labute approximate surface area is 102 Å². The first kappa shape index (κ1) is 10.8. The smallest absolute Gasteiger partial charge is 0.222 e. The van der Waals surface area contributed by atoms with Gasteiger partial charge in [-0.3, -0.25) is 0 Å². The van der Waals surface area contributed by atoms with Gasteiger partial charge in [-0.1, -0.05) is 0 Å². The molecule has 1 aromatic rings. The monoisotopic (exact) mass is 232 g/mol. The normalized spacial score (nSPS) is 20.1. The van der Waals surface area contributed by atoms with Gasteiger partial charge >= 0.3 is 0 Å². The van der Waals surface area contributed by atoms with Gasteiger partial charge in [0.25, 0.3) is 0 Å². The molecule has 1 saturated heterocycles. The standard InChI is InChI=1S/C13H20N4/c14-13-15-11-7-3-2-6-10(11)12(16-13)17-8-4-1-5-9-17/h1-9H2,(H2,14,15,16). The van der Waals surface area contributed by atoms with Gasteiger partial charge in [0.05, 0.1) is 5.69 Å². The lowest BCUT2D eigenvalue weighted by Crippen LogP contribution is -2.32. The molecule has 0 saturated carbocycles. The Morgan fingerprint density at radius 3 is 2.47 bits per heavy atom. The van der Waals surface area contributed by atoms with E-state index in [1.807, 2.05) is 0 Å². The van der Waals surface area contributed by atoms with E-state index in [1.54, 1.807) is 0 Å². The third-order valence-corrected chi connectivity index (χ3v) is 3.83. The molecule has 4 nitrogen and oxygen atoms in total. The highest BCUT2D eigenvalue weighted by molar-refractivity contribution is 5.53. The predicted octanol–water partition coefficient (Wildman–Crippen LogP) is 1.93. The van der Waals surface area contributed by atoms with Crippen molar-refractivity contribution in [2.24, 2.45) is 0 Å². The van der Waals surface area contributed by atoms with Gasteiger partial charge in [0, 0.05) is 18.7 Å². The minimum absolute atomic E-state index is 0.450. The lowest BCUT2D eigenvalue weighted by Gasteiger charge is -2.31. The third-order valence-electron chi connectivity index (χ3n) is 3.83. The van der Waals surface area contributed by atoms with Crippen molar-refractivity contribution in [1.29, 1.82) is 0 Å². The van der Waals surface area contributed by atoms with E-state index in [9.17, 15) is 0 Å². The molecule has 4 heteroatoms. The molecule has 2 N–H and O–H groups in total. The zero-order chi connectivity index (χ0) is 11.7. The van der Waals surface area contributed by atoms with E-state index in [0.29, 0.717) is 5.95 Å². The van der Waals surface area contributed by atoms with E-state index in [4.69, 9.17) is 5.73 Å². The van der Waals surface area contributed by atoms with E-state index in [0.717, 1.165) is 31.7 Å². The molecule has 17 heavy (non-hydrogen) atoms. The minimum atomic E-state index is 0.450. The SMILES string of the molecule is Nc1nc2c(c(N3CCCCC3)n1)CCCC2. The van der Waals surface area contributed by atoms with Gasteiger partial charge in [-0.25, -0.2) is 4.98 Å². The third kappa shape index (κ3) is 2.08. The number of nitrogens with zero attached hydrogens (tertiary/aromatic N) is 3. The molecular weight excluding hydrogens is 212 g/mol. The number of piperidine rings is 1. The van der Waals surface area contributed by atoms with Crippen LogP contribution in [0.4, 0.5) is 11.8 Å². The molecular formula is C13H20N4. The molecule has 0 bridgehead atoms. The van der Waals surface area contributed by atoms with Crippen LogP contribution in [-0.2, 0) is 12.8 Å². The van der Waals surface area contributed by atoms with Crippen LogP contribution in [0, 0.1) is 0 Å². The molecule has 2 heterocycles. The first-order valence-corrected chi connectivity index (χ1v) is 6.75. The summed E-state index contributed by atoms with van der Waals surface area (Å²) >= 11 is 0. The lowest BCUT2D eigenvalue weighted by atomic mass is 9.95. The second-order valence-electron chi connectivity index (χ2n) is 5.09. The summed E-state index contributed by atoms with van der Waals surface area (Å²) in [6, 6.07) is 0. The summed E-state index contributed by atoms with van der Waals surface area (Å²) in [7, 11) is 0. The molecule has 0 atom stereocenters. The van der Waals surface area contributed by atoms with E-state index < -0.39 is 0 Å². The molecule has 2 aliphatic rings. The summed E-state index contributed by atoms with van der Waals surface area (Å²) in [6.07, 6.45) is 8.60. The minimum Gasteiger partial charge on any atom is -0.368 e. The van der Waals surface area contributed by atoms with Crippen LogP contribution in [0.25, 0.3) is 0 Å². The number of aromatic nitrogens is 2. The Kier molecular flexibility index (Phi) is 2.87. The highest BCUT2D eigenvalue weighted by atomic mass is 15.2. The summed E-state index contributed by atoms with van der Waals surface area (Å²) in [4.78, 5) is 11.3. The molecule has 1 aromatic heterocycles. The summed E-state index contributed by atoms with van der Waals surface area (Å²) in [5.41, 5.74) is 8.41. The van der Waals surface area contributed by atoms with Crippen LogP contribution in [0.3, 0.4) is 0 Å². The zero-order valence-electron chi connectivity index (χ0n) is 10.3. The van der Waals surface area contributed by atoms with Gasteiger partial charge in [-0.05, 0) is 44.9 Å². The van der Waals surface area contributed by atoms with Crippen LogP contribution in [0.5, 0.6) is 0 Å². The molecule has 0 radical (unpaired) electrons. The fourth-order valence-electron chi connectivity index (χ4n) is 2.96. The number of hydrogen-bond acceptors (Lipinski definition) is 4. The highest BCUT2D eigenvalue weighted by Crippen LogP contribution is 2.30. The Hall–Kier alpha value is -1.32. The molecule has 92 valence electrons. The number of hydrogen-bond donors (Lipinski definition) is 1. The van der Waals surface area contributed by atoms with Crippen LogP contribution in [0.1, 0.15) is 43.4 Å². The molecule has 1 fully saturated rings. The quantitative estimate of drug-likeness (QED) is 0.804. The first-order chi connectivity index (χ1) is 8.34. The summed E-state index contributed by atoms with van der Waals surface area (Å²) in [5.74, 6) is 1.58. The average Bonchev–Trinajstić information content (AvgIpc) is 2.39. The number of aryl methyl sites for hydroxylation is 1. The second-order valence-corrected chi connectivity index (χ2v) is 5.09. The largest absolute Gasteiger partial charge is 0.368 e. The zero-order valence-corrected chi connectivity index (χ0v) is 10.3. The maximum atomic E-state index is 5.84. The summed E-state index contributed by atoms with van der Waals surface area (Å²) < 4.78 is 0. The average molecular weight is 232 g/mol. The van der Waals surface area contributed by atoms with Gasteiger partial charge in [0.2, 0.25) is 5.95 Å². The van der Waals surface area contributed by atoms with E-state index in [-0.39, 0.29) is 0 Å². The van der Waals surface area contributed by atoms with Gasteiger partial charge in [0.15, 0.2) is 0 Å². The van der Waals surface area contributed by atoms with Crippen LogP contribution >= 0.6 is 0 Å². The highest BCUT2D eigenvalue weighted by Gasteiger charge is 2.22. The first-order valence-electron chi connectivity index (χ1n) is 6.75. The number of nitrogens with two attached hydrogens (primary N) is 1. The van der Waals surface area contributed by atoms with Crippen molar-refractivity contribution >= 4 is 11.8 Å². The van der Waals surface area contributed by atoms with Crippen molar-refractivity contribution in [1.82, 2.24) is 9.97 Å². The van der Waals surface area contributed by atoms with Crippen molar-refractivity contribution in [3.63, 3.8) is 0 Å². The van der Waals surface area contributed by atoms with Crippen LogP contribution in [0.2, 0.25) is 0 Å². The number of nitrogen functional groups attached to an aromatic ring is 1. The van der Waals surface area contributed by atoms with Crippen LogP contribution < -0.4 is 10.6 Å². The molecule has 0 unspecified atom stereocenters. The van der Waals surface area contributed by atoms with E-state index in [2.05, 4.69) is 14.9 Å². The van der Waals surface area contributed by atoms with Gasteiger partial charge in [-0.2, -0.15) is 4.98 Å². The molecule has 0 aromatic carbocycles. The van der Waals surface area contributed by atoms with Gasteiger partial charge < -0.3 is 10.6 Å². The number of rotatable bonds is 1.